The molecule has 2 aromatic carbocycles. The van der Waals surface area contributed by atoms with Crippen molar-refractivity contribution >= 4 is 11.7 Å². The fourth-order valence-electron chi connectivity index (χ4n) is 2.55. The van der Waals surface area contributed by atoms with Gasteiger partial charge in [0.1, 0.15) is 6.10 Å². The van der Waals surface area contributed by atoms with Crippen LogP contribution in [0.2, 0.25) is 0 Å². The minimum atomic E-state index is -0.335. The first-order chi connectivity index (χ1) is 9.66. The zero-order valence-electron chi connectivity index (χ0n) is 11.0. The number of benzene rings is 2. The minimum Gasteiger partial charge on any atom is -0.453 e. The van der Waals surface area contributed by atoms with E-state index in [2.05, 4.69) is 6.58 Å². The molecule has 2 aromatic rings. The standard InChI is InChI=1S/C17H15NO2/c1-11-15(12-5-3-2-4-6-12)16(20-17(11)19)13-7-9-14(18)10-8-13/h2-10,15-16H,1,18H2/t15-,16+/m0/s1. The van der Waals surface area contributed by atoms with Gasteiger partial charge in [0.2, 0.25) is 0 Å². The van der Waals surface area contributed by atoms with Gasteiger partial charge in [-0.1, -0.05) is 49.0 Å². The van der Waals surface area contributed by atoms with E-state index < -0.39 is 0 Å². The van der Waals surface area contributed by atoms with Crippen molar-refractivity contribution in [1.82, 2.24) is 0 Å². The highest BCUT2D eigenvalue weighted by Crippen LogP contribution is 2.44. The van der Waals surface area contributed by atoms with Crippen LogP contribution in [0.5, 0.6) is 0 Å². The molecular weight excluding hydrogens is 250 g/mol. The number of carbonyl (C=O) groups is 1. The molecule has 3 nitrogen and oxygen atoms in total. The summed E-state index contributed by atoms with van der Waals surface area (Å²) in [4.78, 5) is 11.9. The van der Waals surface area contributed by atoms with Gasteiger partial charge in [0, 0.05) is 11.3 Å². The monoisotopic (exact) mass is 265 g/mol. The lowest BCUT2D eigenvalue weighted by atomic mass is 9.86. The fraction of sp³-hybridized carbons (Fsp3) is 0.118. The molecule has 0 spiro atoms. The molecule has 1 aliphatic heterocycles. The van der Waals surface area contributed by atoms with E-state index in [9.17, 15) is 4.79 Å². The molecule has 2 atom stereocenters. The Bertz CT molecular complexity index is 646. The van der Waals surface area contributed by atoms with E-state index in [0.29, 0.717) is 11.3 Å². The normalized spacial score (nSPS) is 21.8. The third-order valence-electron chi connectivity index (χ3n) is 3.60. The van der Waals surface area contributed by atoms with Crippen molar-refractivity contribution < 1.29 is 9.53 Å². The second-order valence-electron chi connectivity index (χ2n) is 4.91. The van der Waals surface area contributed by atoms with Crippen LogP contribution in [0.1, 0.15) is 23.1 Å². The van der Waals surface area contributed by atoms with Gasteiger partial charge in [0.05, 0.1) is 5.92 Å². The first kappa shape index (κ1) is 12.5. The van der Waals surface area contributed by atoms with Gasteiger partial charge in [0.15, 0.2) is 0 Å². The minimum absolute atomic E-state index is 0.146. The van der Waals surface area contributed by atoms with Crippen molar-refractivity contribution in [2.75, 3.05) is 5.73 Å². The molecule has 0 radical (unpaired) electrons. The third kappa shape index (κ3) is 2.07. The molecule has 0 unspecified atom stereocenters. The Balaban J connectivity index is 2.02. The maximum Gasteiger partial charge on any atom is 0.334 e. The van der Waals surface area contributed by atoms with E-state index in [4.69, 9.17) is 10.5 Å². The summed E-state index contributed by atoms with van der Waals surface area (Å²) < 4.78 is 5.49. The van der Waals surface area contributed by atoms with Gasteiger partial charge >= 0.3 is 5.97 Å². The van der Waals surface area contributed by atoms with E-state index in [1.165, 1.54) is 0 Å². The molecule has 20 heavy (non-hydrogen) atoms. The van der Waals surface area contributed by atoms with Gasteiger partial charge in [0.25, 0.3) is 0 Å². The number of cyclic esters (lactones) is 1. The van der Waals surface area contributed by atoms with Crippen LogP contribution >= 0.6 is 0 Å². The van der Waals surface area contributed by atoms with E-state index in [1.807, 2.05) is 54.6 Å². The first-order valence-corrected chi connectivity index (χ1v) is 6.47. The summed E-state index contributed by atoms with van der Waals surface area (Å²) in [6.45, 7) is 3.89. The maximum atomic E-state index is 11.9. The lowest BCUT2D eigenvalue weighted by Gasteiger charge is -2.18. The summed E-state index contributed by atoms with van der Waals surface area (Å²) in [6.07, 6.45) is -0.335. The molecule has 3 heteroatoms. The number of rotatable bonds is 2. The molecule has 0 amide bonds. The lowest BCUT2D eigenvalue weighted by Crippen LogP contribution is -2.07. The topological polar surface area (TPSA) is 52.3 Å². The van der Waals surface area contributed by atoms with E-state index in [1.54, 1.807) is 0 Å². The molecule has 0 aliphatic carbocycles. The summed E-state index contributed by atoms with van der Waals surface area (Å²) in [7, 11) is 0. The van der Waals surface area contributed by atoms with Crippen LogP contribution in [-0.2, 0) is 9.53 Å². The number of anilines is 1. The van der Waals surface area contributed by atoms with Gasteiger partial charge in [-0.15, -0.1) is 0 Å². The van der Waals surface area contributed by atoms with Crippen LogP contribution in [0.4, 0.5) is 5.69 Å². The van der Waals surface area contributed by atoms with E-state index in [0.717, 1.165) is 11.1 Å². The Labute approximate surface area is 117 Å². The molecule has 1 saturated heterocycles. The molecular formula is C17H15NO2. The predicted octanol–water partition coefficient (Wildman–Crippen LogP) is 3.21. The van der Waals surface area contributed by atoms with Crippen molar-refractivity contribution in [1.29, 1.82) is 0 Å². The molecule has 3 rings (SSSR count). The zero-order valence-corrected chi connectivity index (χ0v) is 11.0. The SMILES string of the molecule is C=C1C(=O)O[C@H](c2ccc(N)cc2)[C@@H]1c1ccccc1. The molecule has 0 bridgehead atoms. The van der Waals surface area contributed by atoms with E-state index >= 15 is 0 Å². The lowest BCUT2D eigenvalue weighted by molar-refractivity contribution is -0.139. The molecule has 1 fully saturated rings. The Hall–Kier alpha value is -2.55. The van der Waals surface area contributed by atoms with E-state index in [-0.39, 0.29) is 18.0 Å². The van der Waals surface area contributed by atoms with Gasteiger partial charge in [-0.3, -0.25) is 0 Å². The van der Waals surface area contributed by atoms with Crippen LogP contribution < -0.4 is 5.73 Å². The summed E-state index contributed by atoms with van der Waals surface area (Å²) in [5.41, 5.74) is 8.85. The maximum absolute atomic E-state index is 11.9. The second kappa shape index (κ2) is 4.85. The molecule has 0 aromatic heterocycles. The number of nitrogen functional groups attached to an aromatic ring is 1. The molecule has 1 aliphatic rings. The van der Waals surface area contributed by atoms with Crippen molar-refractivity contribution in [3.8, 4) is 0 Å². The van der Waals surface area contributed by atoms with Crippen LogP contribution in [-0.4, -0.2) is 5.97 Å². The Kier molecular flexibility index (Phi) is 3.03. The average Bonchev–Trinajstić information content (AvgIpc) is 2.77. The average molecular weight is 265 g/mol. The van der Waals surface area contributed by atoms with Crippen LogP contribution in [0.25, 0.3) is 0 Å². The highest BCUT2D eigenvalue weighted by Gasteiger charge is 2.40. The van der Waals surface area contributed by atoms with Crippen LogP contribution in [0.3, 0.4) is 0 Å². The summed E-state index contributed by atoms with van der Waals surface area (Å²) in [6, 6.07) is 17.2. The van der Waals surface area contributed by atoms with Gasteiger partial charge < -0.3 is 10.5 Å². The highest BCUT2D eigenvalue weighted by atomic mass is 16.6. The highest BCUT2D eigenvalue weighted by molar-refractivity contribution is 5.92. The molecule has 2 N–H and O–H groups in total. The molecule has 100 valence electrons. The van der Waals surface area contributed by atoms with Crippen LogP contribution in [0.15, 0.2) is 66.7 Å². The van der Waals surface area contributed by atoms with Crippen LogP contribution in [0, 0.1) is 0 Å². The first-order valence-electron chi connectivity index (χ1n) is 6.47. The smallest absolute Gasteiger partial charge is 0.334 e. The largest absolute Gasteiger partial charge is 0.453 e. The quantitative estimate of drug-likeness (QED) is 0.515. The van der Waals surface area contributed by atoms with Gasteiger partial charge in [-0.25, -0.2) is 4.79 Å². The number of esters is 1. The zero-order chi connectivity index (χ0) is 14.1. The Morgan fingerprint density at radius 3 is 2.25 bits per heavy atom. The van der Waals surface area contributed by atoms with Crippen molar-refractivity contribution in [2.24, 2.45) is 0 Å². The predicted molar refractivity (Wildman–Crippen MR) is 78.0 cm³/mol. The van der Waals surface area contributed by atoms with Gasteiger partial charge in [-0.2, -0.15) is 0 Å². The molecule has 1 heterocycles. The van der Waals surface area contributed by atoms with Gasteiger partial charge in [-0.05, 0) is 23.3 Å². The van der Waals surface area contributed by atoms with Crippen molar-refractivity contribution in [3.05, 3.63) is 77.9 Å². The Morgan fingerprint density at radius 2 is 1.60 bits per heavy atom. The van der Waals surface area contributed by atoms with Crippen molar-refractivity contribution in [3.63, 3.8) is 0 Å². The summed E-state index contributed by atoms with van der Waals surface area (Å²) in [5, 5.41) is 0. The third-order valence-corrected chi connectivity index (χ3v) is 3.60. The number of hydrogen-bond acceptors (Lipinski definition) is 3. The molecule has 0 saturated carbocycles. The fourth-order valence-corrected chi connectivity index (χ4v) is 2.55. The summed E-state index contributed by atoms with van der Waals surface area (Å²) in [5.74, 6) is -0.479. The Morgan fingerprint density at radius 1 is 0.950 bits per heavy atom. The number of carbonyl (C=O) groups excluding carboxylic acids is 1. The number of hydrogen-bond donors (Lipinski definition) is 1. The number of nitrogens with two attached hydrogens (primary N) is 1. The summed E-state index contributed by atoms with van der Waals surface area (Å²) >= 11 is 0. The second-order valence-corrected chi connectivity index (χ2v) is 4.91. The number of ether oxygens (including phenoxy) is 1. The van der Waals surface area contributed by atoms with Crippen molar-refractivity contribution in [2.45, 2.75) is 12.0 Å².